The number of aromatic amines is 1. The minimum Gasteiger partial charge on any atom is -0.382 e. The number of aromatic nitrogens is 5. The van der Waals surface area contributed by atoms with Crippen LogP contribution in [0.4, 0.5) is 13.2 Å². The summed E-state index contributed by atoms with van der Waals surface area (Å²) in [6.07, 6.45) is 6.37. The van der Waals surface area contributed by atoms with Gasteiger partial charge in [0.05, 0.1) is 5.69 Å². The molecule has 0 bridgehead atoms. The van der Waals surface area contributed by atoms with Crippen molar-refractivity contribution in [2.45, 2.75) is 43.5 Å². The molecule has 1 unspecified atom stereocenters. The Morgan fingerprint density at radius 1 is 1.17 bits per heavy atom. The molecule has 46 heavy (non-hydrogen) atoms. The number of nitrogens with zero attached hydrogens (tertiary/aromatic N) is 7. The maximum absolute atomic E-state index is 14.1. The molecule has 7 rings (SSSR count). The third-order valence-electron chi connectivity index (χ3n) is 8.37. The smallest absolute Gasteiger partial charge is 0.333 e. The first-order valence-electron chi connectivity index (χ1n) is 14.3. The van der Waals surface area contributed by atoms with Gasteiger partial charge in [0.1, 0.15) is 23.3 Å². The predicted molar refractivity (Wildman–Crippen MR) is 164 cm³/mol. The summed E-state index contributed by atoms with van der Waals surface area (Å²) in [5.41, 5.74) is 0.400. The zero-order chi connectivity index (χ0) is 32.2. The van der Waals surface area contributed by atoms with Crippen molar-refractivity contribution >= 4 is 44.6 Å². The maximum atomic E-state index is 14.1. The zero-order valence-electron chi connectivity index (χ0n) is 23.9. The van der Waals surface area contributed by atoms with Crippen LogP contribution in [0.3, 0.4) is 0 Å². The third-order valence-corrected chi connectivity index (χ3v) is 11.1. The molecule has 1 aromatic carbocycles. The van der Waals surface area contributed by atoms with E-state index in [0.717, 1.165) is 12.3 Å². The number of aliphatic imine (C=N–C) groups is 1. The first kappa shape index (κ1) is 31.0. The van der Waals surface area contributed by atoms with E-state index in [1.807, 2.05) is 4.90 Å². The first-order valence-corrected chi connectivity index (χ1v) is 17.0. The van der Waals surface area contributed by atoms with Crippen molar-refractivity contribution in [2.24, 2.45) is 4.99 Å². The van der Waals surface area contributed by atoms with E-state index < -0.39 is 40.3 Å². The number of alkyl halides is 2. The summed E-state index contributed by atoms with van der Waals surface area (Å²) in [5, 5.41) is 17.6. The van der Waals surface area contributed by atoms with Crippen LogP contribution in [0.15, 0.2) is 65.1 Å². The first-order chi connectivity index (χ1) is 22.0. The Hall–Kier alpha value is -3.61. The average molecular weight is 694 g/mol. The number of hydrogen-bond donors (Lipinski definition) is 3. The molecule has 3 aliphatic heterocycles. The fraction of sp³-hybridized carbons (Fsp3) is 0.357. The highest BCUT2D eigenvalue weighted by Crippen LogP contribution is 2.46. The standard InChI is InChI=1S/C28H27ClF3N9O3S2/c29-19-13-16(30)1-2-18(19)23-22(20-3-9-41(37-20)27(31)32)21-14-17(15-40(21)24(36-23)25-33-8-12-45-25)38-46(43,44)39-10-4-28(42,5-11-39)26-34-6-7-35-26/h1-3,6-9,12-13,17,23,27,38,42H,4-5,10-11,14-15H2,(H,34,35)/t17?,23-/m0/s1. The number of aliphatic hydroxyl groups is 1. The van der Waals surface area contributed by atoms with Gasteiger partial charge in [0.25, 0.3) is 10.2 Å². The number of nitrogens with one attached hydrogen (secondary N) is 2. The molecule has 2 atom stereocenters. The Morgan fingerprint density at radius 2 is 1.98 bits per heavy atom. The Balaban J connectivity index is 1.24. The van der Waals surface area contributed by atoms with Gasteiger partial charge in [-0.05, 0) is 31.0 Å². The van der Waals surface area contributed by atoms with E-state index in [0.29, 0.717) is 38.2 Å². The maximum Gasteiger partial charge on any atom is 0.333 e. The van der Waals surface area contributed by atoms with Gasteiger partial charge in [-0.25, -0.2) is 19.0 Å². The largest absolute Gasteiger partial charge is 0.382 e. The van der Waals surface area contributed by atoms with Crippen LogP contribution in [-0.2, 0) is 15.8 Å². The van der Waals surface area contributed by atoms with Crippen LogP contribution in [0.5, 0.6) is 0 Å². The molecule has 0 radical (unpaired) electrons. The number of hydrogen-bond acceptors (Lipinski definition) is 9. The van der Waals surface area contributed by atoms with Gasteiger partial charge in [0.2, 0.25) is 0 Å². The van der Waals surface area contributed by atoms with E-state index in [4.69, 9.17) is 16.6 Å². The van der Waals surface area contributed by atoms with E-state index in [1.54, 1.807) is 17.8 Å². The van der Waals surface area contributed by atoms with Gasteiger partial charge in [-0.2, -0.15) is 31.3 Å². The Kier molecular flexibility index (Phi) is 8.01. The van der Waals surface area contributed by atoms with Gasteiger partial charge in [-0.3, -0.25) is 4.99 Å². The number of halogens is 4. The molecule has 0 amide bonds. The summed E-state index contributed by atoms with van der Waals surface area (Å²) in [6.45, 7) is -2.59. The average Bonchev–Trinajstić information content (AvgIpc) is 3.84. The van der Waals surface area contributed by atoms with Crippen LogP contribution in [0.1, 0.15) is 53.9 Å². The fourth-order valence-electron chi connectivity index (χ4n) is 6.17. The van der Waals surface area contributed by atoms with Crippen LogP contribution in [0.25, 0.3) is 5.57 Å². The lowest BCUT2D eigenvalue weighted by Crippen LogP contribution is -2.51. The van der Waals surface area contributed by atoms with Crippen LogP contribution in [0, 0.1) is 5.82 Å². The molecule has 4 aromatic rings. The van der Waals surface area contributed by atoms with Crippen molar-refractivity contribution in [1.29, 1.82) is 0 Å². The van der Waals surface area contributed by atoms with Crippen molar-refractivity contribution in [2.75, 3.05) is 19.6 Å². The molecule has 242 valence electrons. The van der Waals surface area contributed by atoms with Gasteiger partial charge in [0, 0.05) is 84.1 Å². The summed E-state index contributed by atoms with van der Waals surface area (Å²) < 4.78 is 73.2. The molecule has 18 heteroatoms. The van der Waals surface area contributed by atoms with E-state index in [1.165, 1.54) is 40.0 Å². The summed E-state index contributed by atoms with van der Waals surface area (Å²) >= 11 is 7.84. The van der Waals surface area contributed by atoms with E-state index in [9.17, 15) is 26.7 Å². The van der Waals surface area contributed by atoms with Crippen LogP contribution in [0.2, 0.25) is 5.02 Å². The van der Waals surface area contributed by atoms with Crippen molar-refractivity contribution in [3.05, 3.63) is 93.1 Å². The number of benzene rings is 1. The molecule has 0 saturated carbocycles. The molecule has 6 heterocycles. The van der Waals surface area contributed by atoms with Crippen molar-refractivity contribution in [3.8, 4) is 0 Å². The van der Waals surface area contributed by atoms with Gasteiger partial charge in [-0.1, -0.05) is 17.7 Å². The van der Waals surface area contributed by atoms with E-state index in [-0.39, 0.29) is 49.6 Å². The van der Waals surface area contributed by atoms with E-state index in [2.05, 4.69) is 24.8 Å². The van der Waals surface area contributed by atoms with E-state index >= 15 is 0 Å². The SMILES string of the molecule is O=S(=O)(NC1CC2=C(c3ccn(C(F)F)n3)[C@H](c3ccc(F)cc3Cl)N=C(c3nccs3)N2C1)N1CCC(O)(c2ncc[nH]2)CC1. The third kappa shape index (κ3) is 5.64. The molecule has 2 fully saturated rings. The second kappa shape index (κ2) is 11.9. The quantitative estimate of drug-likeness (QED) is 0.253. The number of fused-ring (bicyclic) bond motifs is 1. The summed E-state index contributed by atoms with van der Waals surface area (Å²) in [6, 6.07) is 3.79. The lowest BCUT2D eigenvalue weighted by molar-refractivity contribution is -0.0170. The molecule has 2 saturated heterocycles. The Labute approximate surface area is 270 Å². The number of thiazole rings is 1. The second-order valence-electron chi connectivity index (χ2n) is 11.2. The predicted octanol–water partition coefficient (Wildman–Crippen LogP) is 4.06. The second-order valence-corrected chi connectivity index (χ2v) is 14.2. The van der Waals surface area contributed by atoms with Crippen molar-refractivity contribution < 1.29 is 26.7 Å². The topological polar surface area (TPSA) is 145 Å². The number of amidine groups is 1. The molecule has 0 aliphatic carbocycles. The summed E-state index contributed by atoms with van der Waals surface area (Å²) in [5.74, 6) is 0.279. The molecule has 3 aromatic heterocycles. The highest BCUT2D eigenvalue weighted by Gasteiger charge is 2.44. The normalized spacial score (nSPS) is 22.0. The molecule has 12 nitrogen and oxygen atoms in total. The number of rotatable bonds is 8. The van der Waals surface area contributed by atoms with Gasteiger partial charge < -0.3 is 15.0 Å². The number of H-pyrrole nitrogens is 1. The molecule has 3 N–H and O–H groups in total. The molecule has 0 spiro atoms. The zero-order valence-corrected chi connectivity index (χ0v) is 26.3. The number of piperidine rings is 1. The lowest BCUT2D eigenvalue weighted by atomic mass is 9.92. The van der Waals surface area contributed by atoms with Gasteiger partial charge in [-0.15, -0.1) is 11.3 Å². The van der Waals surface area contributed by atoms with Crippen LogP contribution in [-0.4, -0.2) is 79.0 Å². The summed E-state index contributed by atoms with van der Waals surface area (Å²) in [4.78, 5) is 18.3. The Morgan fingerprint density at radius 3 is 2.63 bits per heavy atom. The minimum atomic E-state index is -4.01. The molecular weight excluding hydrogens is 667 g/mol. The van der Waals surface area contributed by atoms with Gasteiger partial charge in [0.15, 0.2) is 10.8 Å². The highest BCUT2D eigenvalue weighted by molar-refractivity contribution is 7.87. The highest BCUT2D eigenvalue weighted by atomic mass is 35.5. The molecule has 3 aliphatic rings. The van der Waals surface area contributed by atoms with Crippen LogP contribution < -0.4 is 4.72 Å². The van der Waals surface area contributed by atoms with Crippen LogP contribution >= 0.6 is 22.9 Å². The fourth-order valence-corrected chi connectivity index (χ4v) is 8.47. The molecular formula is C28H27ClF3N9O3S2. The van der Waals surface area contributed by atoms with Crippen molar-refractivity contribution in [3.63, 3.8) is 0 Å². The minimum absolute atomic E-state index is 0.0684. The summed E-state index contributed by atoms with van der Waals surface area (Å²) in [7, 11) is -4.01. The lowest BCUT2D eigenvalue weighted by Gasteiger charge is -2.36. The Bertz CT molecular complexity index is 1910. The van der Waals surface area contributed by atoms with Crippen molar-refractivity contribution in [1.82, 2.24) is 38.7 Å². The van der Waals surface area contributed by atoms with Gasteiger partial charge >= 0.3 is 6.55 Å². The monoisotopic (exact) mass is 693 g/mol. The number of imidazole rings is 1.